The van der Waals surface area contributed by atoms with Gasteiger partial charge in [-0.3, -0.25) is 9.59 Å². The van der Waals surface area contributed by atoms with Crippen LogP contribution in [-0.4, -0.2) is 50.0 Å². The summed E-state index contributed by atoms with van der Waals surface area (Å²) >= 11 is 0. The molecule has 2 aromatic carbocycles. The second-order valence-corrected chi connectivity index (χ2v) is 6.80. The topological polar surface area (TPSA) is 70.7 Å². The third-order valence-electron chi connectivity index (χ3n) is 4.91. The molecule has 1 heterocycles. The number of nitrogens with one attached hydrogen (secondary N) is 2. The molecule has 1 fully saturated rings. The summed E-state index contributed by atoms with van der Waals surface area (Å²) in [6, 6.07) is 14.6. The van der Waals surface area contributed by atoms with Gasteiger partial charge in [0.1, 0.15) is 5.75 Å². The number of para-hydroxylation sites is 1. The number of piperazine rings is 1. The first-order chi connectivity index (χ1) is 13.7. The van der Waals surface area contributed by atoms with Crippen molar-refractivity contribution in [2.75, 3.05) is 33.3 Å². The number of rotatable bonds is 6. The maximum absolute atomic E-state index is 13.3. The average Bonchev–Trinajstić information content (AvgIpc) is 2.77. The van der Waals surface area contributed by atoms with Crippen molar-refractivity contribution in [2.45, 2.75) is 19.4 Å². The highest BCUT2D eigenvalue weighted by Crippen LogP contribution is 2.31. The minimum atomic E-state index is -0.155. The minimum absolute atomic E-state index is 0.0810. The lowest BCUT2D eigenvalue weighted by Gasteiger charge is -2.37. The minimum Gasteiger partial charge on any atom is -0.496 e. The van der Waals surface area contributed by atoms with E-state index in [0.29, 0.717) is 30.8 Å². The van der Waals surface area contributed by atoms with Gasteiger partial charge in [0, 0.05) is 42.9 Å². The van der Waals surface area contributed by atoms with Gasteiger partial charge in [-0.15, -0.1) is 0 Å². The number of methoxy groups -OCH3 is 1. The highest BCUT2D eigenvalue weighted by Gasteiger charge is 2.30. The van der Waals surface area contributed by atoms with Crippen LogP contribution in [0.15, 0.2) is 48.5 Å². The molecule has 1 unspecified atom stereocenters. The summed E-state index contributed by atoms with van der Waals surface area (Å²) in [5, 5.41) is 6.21. The van der Waals surface area contributed by atoms with Crippen LogP contribution in [-0.2, 0) is 0 Å². The average molecular weight is 381 g/mol. The lowest BCUT2D eigenvalue weighted by atomic mass is 10.0. The van der Waals surface area contributed by atoms with E-state index in [0.717, 1.165) is 24.3 Å². The molecule has 2 aromatic rings. The number of hydrogen-bond acceptors (Lipinski definition) is 4. The van der Waals surface area contributed by atoms with Crippen molar-refractivity contribution < 1.29 is 14.3 Å². The van der Waals surface area contributed by atoms with Gasteiger partial charge in [0.15, 0.2) is 0 Å². The maximum Gasteiger partial charge on any atom is 0.254 e. The van der Waals surface area contributed by atoms with E-state index < -0.39 is 0 Å². The van der Waals surface area contributed by atoms with Crippen molar-refractivity contribution in [3.05, 3.63) is 65.2 Å². The fourth-order valence-electron chi connectivity index (χ4n) is 3.47. The highest BCUT2D eigenvalue weighted by molar-refractivity contribution is 5.99. The van der Waals surface area contributed by atoms with Crippen LogP contribution in [0.1, 0.15) is 45.7 Å². The van der Waals surface area contributed by atoms with Crippen molar-refractivity contribution in [2.24, 2.45) is 0 Å². The monoisotopic (exact) mass is 381 g/mol. The molecule has 0 saturated carbocycles. The number of ether oxygens (including phenoxy) is 1. The summed E-state index contributed by atoms with van der Waals surface area (Å²) < 4.78 is 5.50. The summed E-state index contributed by atoms with van der Waals surface area (Å²) in [6.07, 6.45) is 0.867. The number of hydrogen-bond donors (Lipinski definition) is 2. The molecule has 148 valence electrons. The van der Waals surface area contributed by atoms with Gasteiger partial charge in [-0.2, -0.15) is 0 Å². The van der Waals surface area contributed by atoms with Gasteiger partial charge >= 0.3 is 0 Å². The number of benzene rings is 2. The van der Waals surface area contributed by atoms with Crippen molar-refractivity contribution >= 4 is 11.8 Å². The standard InChI is InChI=1S/C22H27N3O3/c1-3-11-24-21(26)16-7-6-8-17(14-16)22(27)25-13-12-23-15-19(25)18-9-4-5-10-20(18)28-2/h4-10,14,19,23H,3,11-13,15H2,1-2H3,(H,24,26). The third-order valence-corrected chi connectivity index (χ3v) is 4.91. The van der Waals surface area contributed by atoms with Crippen molar-refractivity contribution in [3.63, 3.8) is 0 Å². The second kappa shape index (κ2) is 9.37. The third kappa shape index (κ3) is 4.34. The van der Waals surface area contributed by atoms with E-state index in [1.165, 1.54) is 0 Å². The van der Waals surface area contributed by atoms with Gasteiger partial charge in [-0.1, -0.05) is 31.2 Å². The van der Waals surface area contributed by atoms with E-state index in [-0.39, 0.29) is 17.9 Å². The molecule has 0 bridgehead atoms. The van der Waals surface area contributed by atoms with Gasteiger partial charge in [-0.25, -0.2) is 0 Å². The summed E-state index contributed by atoms with van der Waals surface area (Å²) in [4.78, 5) is 27.4. The van der Waals surface area contributed by atoms with Gasteiger partial charge in [-0.05, 0) is 30.7 Å². The van der Waals surface area contributed by atoms with Crippen LogP contribution in [0.5, 0.6) is 5.75 Å². The molecule has 1 atom stereocenters. The van der Waals surface area contributed by atoms with Crippen LogP contribution >= 0.6 is 0 Å². The van der Waals surface area contributed by atoms with E-state index >= 15 is 0 Å². The molecule has 1 aliphatic rings. The summed E-state index contributed by atoms with van der Waals surface area (Å²) in [5.41, 5.74) is 2.00. The predicted octanol–water partition coefficient (Wildman–Crippen LogP) is 2.62. The Bertz CT molecular complexity index is 837. The second-order valence-electron chi connectivity index (χ2n) is 6.80. The van der Waals surface area contributed by atoms with Gasteiger partial charge < -0.3 is 20.3 Å². The van der Waals surface area contributed by atoms with Gasteiger partial charge in [0.25, 0.3) is 11.8 Å². The number of carbonyl (C=O) groups is 2. The zero-order valence-electron chi connectivity index (χ0n) is 16.4. The molecule has 1 saturated heterocycles. The first-order valence-corrected chi connectivity index (χ1v) is 9.68. The lowest BCUT2D eigenvalue weighted by molar-refractivity contribution is 0.0631. The molecule has 0 spiro atoms. The highest BCUT2D eigenvalue weighted by atomic mass is 16.5. The molecule has 28 heavy (non-hydrogen) atoms. The Morgan fingerprint density at radius 1 is 1.18 bits per heavy atom. The van der Waals surface area contributed by atoms with E-state index in [2.05, 4.69) is 10.6 Å². The fraction of sp³-hybridized carbons (Fsp3) is 0.364. The predicted molar refractivity (Wildman–Crippen MR) is 109 cm³/mol. The van der Waals surface area contributed by atoms with Gasteiger partial charge in [0.05, 0.1) is 13.2 Å². The summed E-state index contributed by atoms with van der Waals surface area (Å²) in [7, 11) is 1.64. The maximum atomic E-state index is 13.3. The van der Waals surface area contributed by atoms with Crippen LogP contribution in [0.25, 0.3) is 0 Å². The molecule has 0 aromatic heterocycles. The fourth-order valence-corrected chi connectivity index (χ4v) is 3.47. The Balaban J connectivity index is 1.86. The first-order valence-electron chi connectivity index (χ1n) is 9.68. The van der Waals surface area contributed by atoms with Crippen LogP contribution in [0.3, 0.4) is 0 Å². The molecule has 6 heteroatoms. The Labute approximate surface area is 165 Å². The van der Waals surface area contributed by atoms with Gasteiger partial charge in [0.2, 0.25) is 0 Å². The van der Waals surface area contributed by atoms with E-state index in [9.17, 15) is 9.59 Å². The van der Waals surface area contributed by atoms with Crippen LogP contribution in [0, 0.1) is 0 Å². The zero-order chi connectivity index (χ0) is 19.9. The van der Waals surface area contributed by atoms with Crippen molar-refractivity contribution in [1.29, 1.82) is 0 Å². The van der Waals surface area contributed by atoms with E-state index in [1.807, 2.05) is 36.1 Å². The number of amides is 2. The first kappa shape index (κ1) is 19.9. The normalized spacial score (nSPS) is 16.5. The Morgan fingerprint density at radius 2 is 1.96 bits per heavy atom. The number of nitrogens with zero attached hydrogens (tertiary/aromatic N) is 1. The zero-order valence-corrected chi connectivity index (χ0v) is 16.4. The molecule has 2 amide bonds. The molecule has 6 nitrogen and oxygen atoms in total. The molecule has 0 radical (unpaired) electrons. The number of carbonyl (C=O) groups excluding carboxylic acids is 2. The van der Waals surface area contributed by atoms with E-state index in [1.54, 1.807) is 31.4 Å². The molecule has 0 aliphatic carbocycles. The van der Waals surface area contributed by atoms with Crippen molar-refractivity contribution in [3.8, 4) is 5.75 Å². The SMILES string of the molecule is CCCNC(=O)c1cccc(C(=O)N2CCNCC2c2ccccc2OC)c1. The molecule has 1 aliphatic heterocycles. The Hall–Kier alpha value is -2.86. The van der Waals surface area contributed by atoms with E-state index in [4.69, 9.17) is 4.74 Å². The van der Waals surface area contributed by atoms with Crippen LogP contribution < -0.4 is 15.4 Å². The van der Waals surface area contributed by atoms with Crippen molar-refractivity contribution in [1.82, 2.24) is 15.5 Å². The summed E-state index contributed by atoms with van der Waals surface area (Å²) in [5.74, 6) is 0.530. The molecular formula is C22H27N3O3. The Kier molecular flexibility index (Phi) is 6.66. The molecular weight excluding hydrogens is 354 g/mol. The Morgan fingerprint density at radius 3 is 2.75 bits per heavy atom. The smallest absolute Gasteiger partial charge is 0.254 e. The lowest BCUT2D eigenvalue weighted by Crippen LogP contribution is -2.48. The quantitative estimate of drug-likeness (QED) is 0.807. The summed E-state index contributed by atoms with van der Waals surface area (Å²) in [6.45, 7) is 4.60. The van der Waals surface area contributed by atoms with Crippen LogP contribution in [0.2, 0.25) is 0 Å². The van der Waals surface area contributed by atoms with Crippen LogP contribution in [0.4, 0.5) is 0 Å². The molecule has 3 rings (SSSR count). The molecule has 2 N–H and O–H groups in total. The largest absolute Gasteiger partial charge is 0.496 e.